The van der Waals surface area contributed by atoms with E-state index in [4.69, 9.17) is 4.74 Å². The lowest BCUT2D eigenvalue weighted by molar-refractivity contribution is -0.139. The number of nitrogens with zero attached hydrogens (tertiary/aromatic N) is 4. The highest BCUT2D eigenvalue weighted by Gasteiger charge is 2.24. The Hall–Kier alpha value is -3.10. The number of hydrogen-bond acceptors (Lipinski definition) is 7. The lowest BCUT2D eigenvalue weighted by Crippen LogP contribution is -2.44. The highest BCUT2D eigenvalue weighted by Crippen LogP contribution is 2.15. The molecule has 0 radical (unpaired) electrons. The Morgan fingerprint density at radius 3 is 2.19 bits per heavy atom. The number of aryl methyl sites for hydroxylation is 1. The maximum absolute atomic E-state index is 11.8. The topological polar surface area (TPSA) is 127 Å². The van der Waals surface area contributed by atoms with Crippen LogP contribution in [0.5, 0.6) is 0 Å². The van der Waals surface area contributed by atoms with Crippen LogP contribution >= 0.6 is 0 Å². The van der Waals surface area contributed by atoms with Gasteiger partial charge in [-0.3, -0.25) is 0 Å². The molecule has 138 valence electrons. The maximum atomic E-state index is 11.8. The number of benzene rings is 1. The van der Waals surface area contributed by atoms with Crippen LogP contribution in [0.4, 0.5) is 4.79 Å². The molecule has 0 spiro atoms. The van der Waals surface area contributed by atoms with Crippen molar-refractivity contribution in [3.8, 4) is 11.4 Å². The molecule has 2 aromatic rings. The summed E-state index contributed by atoms with van der Waals surface area (Å²) in [4.78, 5) is 23.2. The van der Waals surface area contributed by atoms with Gasteiger partial charge in [0, 0.05) is 12.0 Å². The molecule has 26 heavy (non-hydrogen) atoms. The highest BCUT2D eigenvalue weighted by molar-refractivity contribution is 5.80. The maximum Gasteiger partial charge on any atom is 0.408 e. The normalized spacial score (nSPS) is 12.3. The molecule has 0 unspecified atom stereocenters. The molecule has 1 amide bonds. The predicted molar refractivity (Wildman–Crippen MR) is 92.3 cm³/mol. The van der Waals surface area contributed by atoms with Crippen LogP contribution in [-0.2, 0) is 16.0 Å². The molecule has 1 aromatic carbocycles. The van der Waals surface area contributed by atoms with Gasteiger partial charge in [-0.15, -0.1) is 20.4 Å². The number of rotatable bonds is 5. The Labute approximate surface area is 150 Å². The van der Waals surface area contributed by atoms with Crippen molar-refractivity contribution in [2.45, 2.75) is 45.8 Å². The third-order valence-corrected chi connectivity index (χ3v) is 3.22. The van der Waals surface area contributed by atoms with E-state index < -0.39 is 23.7 Å². The number of aromatic nitrogens is 4. The standard InChI is InChI=1S/C17H21N5O4/c1-10-19-21-14(22-20-10)12-7-5-11(6-8-12)9-13(15(23)24)18-16(25)26-17(2,3)4/h5-8,13H,9H2,1-4H3,(H,18,25)(H,23,24)/t13-/m0/s1. The van der Waals surface area contributed by atoms with Crippen LogP contribution in [0.2, 0.25) is 0 Å². The first-order valence-corrected chi connectivity index (χ1v) is 8.00. The van der Waals surface area contributed by atoms with Gasteiger partial charge in [0.15, 0.2) is 5.82 Å². The molecular weight excluding hydrogens is 338 g/mol. The van der Waals surface area contributed by atoms with Crippen molar-refractivity contribution >= 4 is 12.1 Å². The Balaban J connectivity index is 2.06. The molecule has 0 aliphatic carbocycles. The molecule has 0 saturated heterocycles. The smallest absolute Gasteiger partial charge is 0.408 e. The summed E-state index contributed by atoms with van der Waals surface area (Å²) in [5, 5.41) is 27.3. The third-order valence-electron chi connectivity index (χ3n) is 3.22. The Bertz CT molecular complexity index is 769. The van der Waals surface area contributed by atoms with Gasteiger partial charge in [-0.25, -0.2) is 9.59 Å². The van der Waals surface area contributed by atoms with Crippen LogP contribution in [0.25, 0.3) is 11.4 Å². The van der Waals surface area contributed by atoms with E-state index in [0.717, 1.165) is 5.56 Å². The summed E-state index contributed by atoms with van der Waals surface area (Å²) in [6, 6.07) is 5.87. The molecule has 0 aliphatic heterocycles. The van der Waals surface area contributed by atoms with Gasteiger partial charge in [0.2, 0.25) is 5.82 Å². The number of carboxylic acid groups (broad SMARTS) is 1. The molecule has 1 heterocycles. The predicted octanol–water partition coefficient (Wildman–Crippen LogP) is 1.76. The van der Waals surface area contributed by atoms with Crippen LogP contribution in [-0.4, -0.2) is 49.2 Å². The van der Waals surface area contributed by atoms with Crippen molar-refractivity contribution in [3.05, 3.63) is 35.7 Å². The molecule has 9 nitrogen and oxygen atoms in total. The lowest BCUT2D eigenvalue weighted by Gasteiger charge is -2.22. The van der Waals surface area contributed by atoms with E-state index in [1.807, 2.05) is 0 Å². The number of alkyl carbamates (subject to hydrolysis) is 1. The van der Waals surface area contributed by atoms with Gasteiger partial charge in [-0.1, -0.05) is 24.3 Å². The summed E-state index contributed by atoms with van der Waals surface area (Å²) in [6.45, 7) is 6.81. The average molecular weight is 359 g/mol. The number of carbonyl (C=O) groups excluding carboxylic acids is 1. The Kier molecular flexibility index (Phi) is 5.81. The number of hydrogen-bond donors (Lipinski definition) is 2. The molecule has 2 rings (SSSR count). The number of carboxylic acids is 1. The summed E-state index contributed by atoms with van der Waals surface area (Å²) in [6.07, 6.45) is -0.660. The fourth-order valence-corrected chi connectivity index (χ4v) is 2.07. The van der Waals surface area contributed by atoms with Gasteiger partial charge in [0.25, 0.3) is 0 Å². The minimum absolute atomic E-state index is 0.111. The number of ether oxygens (including phenoxy) is 1. The van der Waals surface area contributed by atoms with E-state index in [9.17, 15) is 14.7 Å². The van der Waals surface area contributed by atoms with Gasteiger partial charge >= 0.3 is 12.1 Å². The minimum atomic E-state index is -1.14. The van der Waals surface area contributed by atoms with Crippen LogP contribution in [0.15, 0.2) is 24.3 Å². The van der Waals surface area contributed by atoms with E-state index in [2.05, 4.69) is 25.7 Å². The zero-order valence-corrected chi connectivity index (χ0v) is 15.1. The lowest BCUT2D eigenvalue weighted by atomic mass is 10.0. The summed E-state index contributed by atoms with van der Waals surface area (Å²) >= 11 is 0. The zero-order chi connectivity index (χ0) is 19.3. The summed E-state index contributed by atoms with van der Waals surface area (Å²) in [5.41, 5.74) is 0.733. The second kappa shape index (κ2) is 7.85. The summed E-state index contributed by atoms with van der Waals surface area (Å²) in [7, 11) is 0. The second-order valence-corrected chi connectivity index (χ2v) is 6.71. The van der Waals surface area contributed by atoms with Crippen molar-refractivity contribution in [1.82, 2.24) is 25.7 Å². The second-order valence-electron chi connectivity index (χ2n) is 6.71. The van der Waals surface area contributed by atoms with E-state index in [0.29, 0.717) is 17.2 Å². The van der Waals surface area contributed by atoms with Gasteiger partial charge < -0.3 is 15.2 Å². The molecule has 0 fully saturated rings. The summed E-state index contributed by atoms with van der Waals surface area (Å²) < 4.78 is 5.10. The monoisotopic (exact) mass is 359 g/mol. The SMILES string of the molecule is Cc1nnc(-c2ccc(C[C@H](NC(=O)OC(C)(C)C)C(=O)O)cc2)nn1. The highest BCUT2D eigenvalue weighted by atomic mass is 16.6. The number of amides is 1. The van der Waals surface area contributed by atoms with E-state index in [-0.39, 0.29) is 6.42 Å². The molecule has 0 aliphatic rings. The fraction of sp³-hybridized carbons (Fsp3) is 0.412. The van der Waals surface area contributed by atoms with Crippen LogP contribution in [0.3, 0.4) is 0 Å². The quantitative estimate of drug-likeness (QED) is 0.827. The van der Waals surface area contributed by atoms with Gasteiger partial charge in [-0.2, -0.15) is 0 Å². The van der Waals surface area contributed by atoms with Crippen LogP contribution < -0.4 is 5.32 Å². The van der Waals surface area contributed by atoms with E-state index in [1.54, 1.807) is 52.0 Å². The van der Waals surface area contributed by atoms with Gasteiger partial charge in [0.05, 0.1) is 0 Å². The number of aliphatic carboxylic acids is 1. The van der Waals surface area contributed by atoms with Crippen molar-refractivity contribution < 1.29 is 19.4 Å². The minimum Gasteiger partial charge on any atom is -0.480 e. The van der Waals surface area contributed by atoms with Crippen molar-refractivity contribution in [2.24, 2.45) is 0 Å². The number of nitrogens with one attached hydrogen (secondary N) is 1. The Morgan fingerprint density at radius 2 is 1.69 bits per heavy atom. The first kappa shape index (κ1) is 19.2. The van der Waals surface area contributed by atoms with Crippen LogP contribution in [0, 0.1) is 6.92 Å². The fourth-order valence-electron chi connectivity index (χ4n) is 2.07. The molecule has 1 aromatic heterocycles. The first-order valence-electron chi connectivity index (χ1n) is 8.00. The molecule has 1 atom stereocenters. The largest absolute Gasteiger partial charge is 0.480 e. The zero-order valence-electron chi connectivity index (χ0n) is 15.1. The molecule has 9 heteroatoms. The van der Waals surface area contributed by atoms with Gasteiger partial charge in [-0.05, 0) is 33.3 Å². The molecular formula is C17H21N5O4. The van der Waals surface area contributed by atoms with E-state index in [1.165, 1.54) is 0 Å². The summed E-state index contributed by atoms with van der Waals surface area (Å²) in [5.74, 6) is -0.290. The van der Waals surface area contributed by atoms with Crippen LogP contribution in [0.1, 0.15) is 32.2 Å². The molecule has 0 bridgehead atoms. The number of carbonyl (C=O) groups is 2. The van der Waals surface area contributed by atoms with Crippen molar-refractivity contribution in [1.29, 1.82) is 0 Å². The van der Waals surface area contributed by atoms with Crippen molar-refractivity contribution in [2.75, 3.05) is 0 Å². The van der Waals surface area contributed by atoms with E-state index >= 15 is 0 Å². The molecule has 0 saturated carbocycles. The third kappa shape index (κ3) is 5.76. The van der Waals surface area contributed by atoms with Gasteiger partial charge in [0.1, 0.15) is 11.6 Å². The Morgan fingerprint density at radius 1 is 1.12 bits per heavy atom. The van der Waals surface area contributed by atoms with Crippen molar-refractivity contribution in [3.63, 3.8) is 0 Å². The first-order chi connectivity index (χ1) is 12.1. The average Bonchev–Trinajstić information content (AvgIpc) is 2.54. The molecule has 2 N–H and O–H groups in total.